The number of nitrogens with two attached hydrogens (primary N) is 1. The average Bonchev–Trinajstić information content (AvgIpc) is 2.54. The first-order valence-corrected chi connectivity index (χ1v) is 7.11. The number of nitrogen functional groups attached to an aromatic ring is 1. The summed E-state index contributed by atoms with van der Waals surface area (Å²) in [6.45, 7) is 12.1. The van der Waals surface area contributed by atoms with Gasteiger partial charge < -0.3 is 15.2 Å². The Labute approximate surface area is 126 Å². The van der Waals surface area contributed by atoms with Gasteiger partial charge in [-0.3, -0.25) is 4.99 Å². The standard InChI is InChI=1S/C17H24N2O2/c1-11-9-13(18)14(10-12(11)2)19-8-7-15-20-16(3,4)17(5,6)21-15/h7-10H,18H2,1-6H3. The first kappa shape index (κ1) is 15.4. The van der Waals surface area contributed by atoms with Gasteiger partial charge in [0.2, 0.25) is 0 Å². The number of nitrogens with zero attached hydrogens (tertiary/aromatic N) is 1. The molecule has 4 heteroatoms. The maximum Gasteiger partial charge on any atom is 0.282 e. The van der Waals surface area contributed by atoms with E-state index in [0.717, 1.165) is 11.3 Å². The Kier molecular flexibility index (Phi) is 3.74. The molecule has 1 fully saturated rings. The summed E-state index contributed by atoms with van der Waals surface area (Å²) < 4.78 is 11.6. The van der Waals surface area contributed by atoms with E-state index in [1.165, 1.54) is 5.56 Å². The topological polar surface area (TPSA) is 56.8 Å². The molecule has 1 saturated heterocycles. The molecule has 0 bridgehead atoms. The Balaban J connectivity index is 2.17. The summed E-state index contributed by atoms with van der Waals surface area (Å²) in [6, 6.07) is 3.91. The van der Waals surface area contributed by atoms with E-state index >= 15 is 0 Å². The van der Waals surface area contributed by atoms with Crippen molar-refractivity contribution in [1.29, 1.82) is 0 Å². The second kappa shape index (κ2) is 5.10. The predicted molar refractivity (Wildman–Crippen MR) is 86.9 cm³/mol. The Morgan fingerprint density at radius 1 is 1.00 bits per heavy atom. The van der Waals surface area contributed by atoms with Crippen LogP contribution in [0.1, 0.15) is 38.8 Å². The normalized spacial score (nSPS) is 19.4. The van der Waals surface area contributed by atoms with Crippen LogP contribution in [0.4, 0.5) is 11.4 Å². The highest BCUT2D eigenvalue weighted by Gasteiger charge is 2.48. The molecule has 0 aliphatic carbocycles. The summed E-state index contributed by atoms with van der Waals surface area (Å²) in [6.07, 6.45) is 3.39. The van der Waals surface area contributed by atoms with Crippen molar-refractivity contribution in [1.82, 2.24) is 0 Å². The van der Waals surface area contributed by atoms with Crippen molar-refractivity contribution in [3.63, 3.8) is 0 Å². The number of anilines is 1. The van der Waals surface area contributed by atoms with Crippen molar-refractivity contribution in [3.05, 3.63) is 35.3 Å². The lowest BCUT2D eigenvalue weighted by atomic mass is 9.90. The first-order chi connectivity index (χ1) is 9.62. The highest BCUT2D eigenvalue weighted by atomic mass is 16.7. The molecule has 0 atom stereocenters. The summed E-state index contributed by atoms with van der Waals surface area (Å²) in [7, 11) is 0. The lowest BCUT2D eigenvalue weighted by Crippen LogP contribution is -2.41. The van der Waals surface area contributed by atoms with Crippen LogP contribution >= 0.6 is 0 Å². The number of allylic oxidation sites excluding steroid dienone is 1. The Morgan fingerprint density at radius 2 is 1.52 bits per heavy atom. The number of hydrogen-bond acceptors (Lipinski definition) is 4. The first-order valence-electron chi connectivity index (χ1n) is 7.11. The minimum atomic E-state index is -0.369. The third-order valence-corrected chi connectivity index (χ3v) is 4.23. The fourth-order valence-corrected chi connectivity index (χ4v) is 1.95. The van der Waals surface area contributed by atoms with Crippen LogP contribution in [0.2, 0.25) is 0 Å². The molecule has 4 nitrogen and oxygen atoms in total. The maximum absolute atomic E-state index is 5.97. The number of aliphatic imine (C=N–C) groups is 1. The Morgan fingerprint density at radius 3 is 2.10 bits per heavy atom. The van der Waals surface area contributed by atoms with Gasteiger partial charge in [0, 0.05) is 12.3 Å². The van der Waals surface area contributed by atoms with E-state index in [4.69, 9.17) is 15.2 Å². The second-order valence-corrected chi connectivity index (χ2v) is 6.48. The average molecular weight is 288 g/mol. The summed E-state index contributed by atoms with van der Waals surface area (Å²) >= 11 is 0. The van der Waals surface area contributed by atoms with Gasteiger partial charge in [0.05, 0.1) is 11.4 Å². The third kappa shape index (κ3) is 3.04. The van der Waals surface area contributed by atoms with E-state index < -0.39 is 0 Å². The molecule has 1 aliphatic rings. The molecule has 1 aromatic carbocycles. The molecule has 2 N–H and O–H groups in total. The van der Waals surface area contributed by atoms with Gasteiger partial charge in [-0.1, -0.05) is 0 Å². The maximum atomic E-state index is 5.97. The number of aryl methyl sites for hydroxylation is 2. The van der Waals surface area contributed by atoms with Gasteiger partial charge in [0.1, 0.15) is 11.2 Å². The smallest absolute Gasteiger partial charge is 0.282 e. The minimum Gasteiger partial charge on any atom is -0.455 e. The number of ether oxygens (including phenoxy) is 2. The zero-order valence-corrected chi connectivity index (χ0v) is 13.7. The molecule has 1 heterocycles. The summed E-state index contributed by atoms with van der Waals surface area (Å²) in [4.78, 5) is 4.38. The van der Waals surface area contributed by atoms with Crippen LogP contribution in [-0.4, -0.2) is 17.4 Å². The molecule has 0 radical (unpaired) electrons. The van der Waals surface area contributed by atoms with E-state index in [-0.39, 0.29) is 11.2 Å². The summed E-state index contributed by atoms with van der Waals surface area (Å²) in [5.74, 6) is 0.483. The van der Waals surface area contributed by atoms with Gasteiger partial charge >= 0.3 is 0 Å². The molecule has 1 aromatic rings. The van der Waals surface area contributed by atoms with Crippen LogP contribution in [0.3, 0.4) is 0 Å². The van der Waals surface area contributed by atoms with Crippen LogP contribution in [0.25, 0.3) is 0 Å². The minimum absolute atomic E-state index is 0.369. The van der Waals surface area contributed by atoms with Crippen LogP contribution < -0.4 is 5.73 Å². The van der Waals surface area contributed by atoms with Gasteiger partial charge in [-0.2, -0.15) is 0 Å². The van der Waals surface area contributed by atoms with Crippen molar-refractivity contribution in [2.75, 3.05) is 5.73 Å². The zero-order chi connectivity index (χ0) is 15.8. The molecule has 0 spiro atoms. The molecular formula is C17H24N2O2. The quantitative estimate of drug-likeness (QED) is 0.660. The highest BCUT2D eigenvalue weighted by molar-refractivity contribution is 5.78. The number of rotatable bonds is 2. The molecule has 2 rings (SSSR count). The molecular weight excluding hydrogens is 264 g/mol. The zero-order valence-electron chi connectivity index (χ0n) is 13.7. The van der Waals surface area contributed by atoms with Crippen LogP contribution in [0, 0.1) is 13.8 Å². The van der Waals surface area contributed by atoms with Crippen molar-refractivity contribution in [2.45, 2.75) is 52.7 Å². The number of benzene rings is 1. The van der Waals surface area contributed by atoms with Crippen LogP contribution in [0.5, 0.6) is 0 Å². The molecule has 0 saturated carbocycles. The lowest BCUT2D eigenvalue weighted by molar-refractivity contribution is 0.00578. The van der Waals surface area contributed by atoms with Gasteiger partial charge in [0.25, 0.3) is 5.95 Å². The third-order valence-electron chi connectivity index (χ3n) is 4.23. The summed E-state index contributed by atoms with van der Waals surface area (Å²) in [5, 5.41) is 0. The fourth-order valence-electron chi connectivity index (χ4n) is 1.95. The number of hydrogen-bond donors (Lipinski definition) is 1. The Hall–Kier alpha value is -1.97. The molecule has 114 valence electrons. The molecule has 1 aliphatic heterocycles. The highest BCUT2D eigenvalue weighted by Crippen LogP contribution is 2.39. The van der Waals surface area contributed by atoms with Gasteiger partial charge in [-0.05, 0) is 64.8 Å². The van der Waals surface area contributed by atoms with E-state index in [1.54, 1.807) is 12.3 Å². The van der Waals surface area contributed by atoms with E-state index in [9.17, 15) is 0 Å². The van der Waals surface area contributed by atoms with Crippen LogP contribution in [0.15, 0.2) is 29.1 Å². The fraction of sp³-hybridized carbons (Fsp3) is 0.471. The van der Waals surface area contributed by atoms with Gasteiger partial charge in [0.15, 0.2) is 0 Å². The molecule has 0 amide bonds. The van der Waals surface area contributed by atoms with E-state index in [0.29, 0.717) is 11.6 Å². The Bertz CT molecular complexity index is 595. The molecule has 21 heavy (non-hydrogen) atoms. The van der Waals surface area contributed by atoms with E-state index in [2.05, 4.69) is 4.99 Å². The van der Waals surface area contributed by atoms with Crippen LogP contribution in [-0.2, 0) is 9.47 Å². The van der Waals surface area contributed by atoms with E-state index in [1.807, 2.05) is 53.7 Å². The van der Waals surface area contributed by atoms with Crippen molar-refractivity contribution >= 4 is 17.6 Å². The predicted octanol–water partition coefficient (Wildman–Crippen LogP) is 4.03. The van der Waals surface area contributed by atoms with Crippen molar-refractivity contribution in [2.24, 2.45) is 4.99 Å². The monoisotopic (exact) mass is 288 g/mol. The molecule has 0 aromatic heterocycles. The van der Waals surface area contributed by atoms with Crippen molar-refractivity contribution in [3.8, 4) is 0 Å². The SMILES string of the molecule is Cc1cc(N)c(N=CC=C2OC(C)(C)C(C)(C)O2)cc1C. The molecule has 0 unspecified atom stereocenters. The van der Waals surface area contributed by atoms with Gasteiger partial charge in [-0.25, -0.2) is 0 Å². The second-order valence-electron chi connectivity index (χ2n) is 6.48. The van der Waals surface area contributed by atoms with Gasteiger partial charge in [-0.15, -0.1) is 0 Å². The largest absolute Gasteiger partial charge is 0.455 e. The van der Waals surface area contributed by atoms with Crippen molar-refractivity contribution < 1.29 is 9.47 Å². The summed E-state index contributed by atoms with van der Waals surface area (Å²) in [5.41, 5.74) is 8.99. The lowest BCUT2D eigenvalue weighted by Gasteiger charge is -2.28.